The van der Waals surface area contributed by atoms with Crippen LogP contribution in [0, 0.1) is 5.41 Å². The first kappa shape index (κ1) is 9.32. The maximum Gasteiger partial charge on any atom is 0.329 e. The monoisotopic (exact) mass is 171 g/mol. The van der Waals surface area contributed by atoms with E-state index in [0.29, 0.717) is 0 Å². The molecule has 4 N–H and O–H groups in total. The molecule has 1 saturated carbocycles. The second kappa shape index (κ2) is 3.31. The summed E-state index contributed by atoms with van der Waals surface area (Å²) in [4.78, 5) is 10.9. The van der Waals surface area contributed by atoms with Gasteiger partial charge < -0.3 is 5.32 Å². The molecule has 4 nitrogen and oxygen atoms in total. The van der Waals surface area contributed by atoms with E-state index in [2.05, 4.69) is 24.6 Å². The highest BCUT2D eigenvalue weighted by molar-refractivity contribution is 5.73. The Hall–Kier alpha value is -0.770. The molecule has 0 spiro atoms. The Morgan fingerprint density at radius 2 is 2.25 bits per heavy atom. The van der Waals surface area contributed by atoms with Crippen LogP contribution in [0.5, 0.6) is 0 Å². The predicted molar refractivity (Wildman–Crippen MR) is 47.3 cm³/mol. The summed E-state index contributed by atoms with van der Waals surface area (Å²) < 4.78 is 0. The number of amides is 2. The molecule has 1 fully saturated rings. The van der Waals surface area contributed by atoms with E-state index < -0.39 is 0 Å². The number of hydrazine groups is 1. The summed E-state index contributed by atoms with van der Waals surface area (Å²) in [6.07, 6.45) is 3.41. The Morgan fingerprint density at radius 1 is 1.58 bits per heavy atom. The second-order valence-corrected chi connectivity index (χ2v) is 4.05. The molecule has 1 unspecified atom stereocenters. The maximum absolute atomic E-state index is 10.9. The highest BCUT2D eigenvalue weighted by atomic mass is 16.2. The number of hydrogen-bond donors (Lipinski definition) is 3. The first-order chi connectivity index (χ1) is 5.56. The zero-order valence-corrected chi connectivity index (χ0v) is 7.68. The van der Waals surface area contributed by atoms with Crippen LogP contribution in [0.4, 0.5) is 4.79 Å². The van der Waals surface area contributed by atoms with E-state index in [0.717, 1.165) is 6.42 Å². The normalized spacial score (nSPS) is 26.8. The maximum atomic E-state index is 10.9. The van der Waals surface area contributed by atoms with Crippen LogP contribution in [0.3, 0.4) is 0 Å². The molecule has 2 amide bonds. The third-order valence-electron chi connectivity index (χ3n) is 2.69. The molecule has 0 aromatic carbocycles. The number of urea groups is 1. The molecule has 0 heterocycles. The summed E-state index contributed by atoms with van der Waals surface area (Å²) in [5.74, 6) is 4.98. The van der Waals surface area contributed by atoms with Crippen LogP contribution in [0.25, 0.3) is 0 Å². The average molecular weight is 171 g/mol. The number of rotatable bonds is 1. The lowest BCUT2D eigenvalue weighted by Gasteiger charge is -2.27. The molecule has 1 rings (SSSR count). The topological polar surface area (TPSA) is 67.2 Å². The zero-order chi connectivity index (χ0) is 9.19. The third-order valence-corrected chi connectivity index (χ3v) is 2.69. The highest BCUT2D eigenvalue weighted by Gasteiger charge is 2.35. The molecule has 70 valence electrons. The van der Waals surface area contributed by atoms with Crippen molar-refractivity contribution in [1.82, 2.24) is 10.7 Å². The number of carbonyl (C=O) groups is 1. The van der Waals surface area contributed by atoms with Gasteiger partial charge in [-0.15, -0.1) is 0 Å². The van der Waals surface area contributed by atoms with Crippen LogP contribution in [-0.4, -0.2) is 12.1 Å². The van der Waals surface area contributed by atoms with E-state index in [1.807, 2.05) is 0 Å². The lowest BCUT2D eigenvalue weighted by Crippen LogP contribution is -2.48. The van der Waals surface area contributed by atoms with Gasteiger partial charge in [0.05, 0.1) is 0 Å². The number of carbonyl (C=O) groups excluding carboxylic acids is 1. The average Bonchev–Trinajstić information content (AvgIpc) is 2.31. The summed E-state index contributed by atoms with van der Waals surface area (Å²) in [6.45, 7) is 4.34. The van der Waals surface area contributed by atoms with Crippen molar-refractivity contribution < 1.29 is 4.79 Å². The summed E-state index contributed by atoms with van der Waals surface area (Å²) in [5, 5.41) is 2.84. The molecule has 12 heavy (non-hydrogen) atoms. The Bertz CT molecular complexity index is 179. The van der Waals surface area contributed by atoms with Crippen molar-refractivity contribution in [2.75, 3.05) is 0 Å². The molecule has 0 aliphatic heterocycles. The Kier molecular flexibility index (Phi) is 2.57. The molecule has 4 heteroatoms. The molecule has 0 aromatic heterocycles. The lowest BCUT2D eigenvalue weighted by molar-refractivity contribution is 0.222. The first-order valence-corrected chi connectivity index (χ1v) is 4.33. The van der Waals surface area contributed by atoms with Gasteiger partial charge in [0.2, 0.25) is 0 Å². The molecule has 1 aliphatic rings. The van der Waals surface area contributed by atoms with Crippen molar-refractivity contribution in [2.45, 2.75) is 39.2 Å². The van der Waals surface area contributed by atoms with Gasteiger partial charge in [0, 0.05) is 6.04 Å². The van der Waals surface area contributed by atoms with Crippen molar-refractivity contribution in [2.24, 2.45) is 11.3 Å². The predicted octanol–water partition coefficient (Wildman–Crippen LogP) is 0.738. The number of hydrogen-bond acceptors (Lipinski definition) is 2. The fourth-order valence-corrected chi connectivity index (χ4v) is 1.79. The summed E-state index contributed by atoms with van der Waals surface area (Å²) >= 11 is 0. The van der Waals surface area contributed by atoms with E-state index in [1.54, 1.807) is 0 Å². The van der Waals surface area contributed by atoms with E-state index in [4.69, 9.17) is 5.84 Å². The van der Waals surface area contributed by atoms with Gasteiger partial charge in [-0.25, -0.2) is 10.6 Å². The smallest absolute Gasteiger partial charge is 0.329 e. The molecular weight excluding hydrogens is 154 g/mol. The SMILES string of the molecule is CC1(C)CCCC1NC(=O)NN. The quantitative estimate of drug-likeness (QED) is 0.309. The fraction of sp³-hybridized carbons (Fsp3) is 0.875. The van der Waals surface area contributed by atoms with Crippen molar-refractivity contribution in [1.29, 1.82) is 0 Å². The van der Waals surface area contributed by atoms with E-state index in [-0.39, 0.29) is 17.5 Å². The summed E-state index contributed by atoms with van der Waals surface area (Å²) in [5.41, 5.74) is 2.29. The van der Waals surface area contributed by atoms with Crippen molar-refractivity contribution in [3.8, 4) is 0 Å². The van der Waals surface area contributed by atoms with Gasteiger partial charge in [0.15, 0.2) is 0 Å². The van der Waals surface area contributed by atoms with Gasteiger partial charge in [-0.3, -0.25) is 5.43 Å². The summed E-state index contributed by atoms with van der Waals surface area (Å²) in [7, 11) is 0. The van der Waals surface area contributed by atoms with Crippen LogP contribution in [-0.2, 0) is 0 Å². The molecule has 0 bridgehead atoms. The number of nitrogens with two attached hydrogens (primary N) is 1. The Morgan fingerprint density at radius 3 is 2.67 bits per heavy atom. The lowest BCUT2D eigenvalue weighted by atomic mass is 9.87. The number of nitrogens with one attached hydrogen (secondary N) is 2. The van der Waals surface area contributed by atoms with Gasteiger partial charge in [-0.05, 0) is 18.3 Å². The molecule has 1 aliphatic carbocycles. The van der Waals surface area contributed by atoms with Gasteiger partial charge in [0.1, 0.15) is 0 Å². The highest BCUT2D eigenvalue weighted by Crippen LogP contribution is 2.36. The largest absolute Gasteiger partial charge is 0.334 e. The minimum Gasteiger partial charge on any atom is -0.334 e. The van der Waals surface area contributed by atoms with E-state index >= 15 is 0 Å². The van der Waals surface area contributed by atoms with Crippen LogP contribution < -0.4 is 16.6 Å². The van der Waals surface area contributed by atoms with Crippen molar-refractivity contribution in [3.05, 3.63) is 0 Å². The molecule has 1 atom stereocenters. The third kappa shape index (κ3) is 1.88. The van der Waals surface area contributed by atoms with Crippen LogP contribution >= 0.6 is 0 Å². The molecule has 0 saturated heterocycles. The van der Waals surface area contributed by atoms with Gasteiger partial charge in [-0.1, -0.05) is 20.3 Å². The fourth-order valence-electron chi connectivity index (χ4n) is 1.79. The van der Waals surface area contributed by atoms with E-state index in [1.165, 1.54) is 12.8 Å². The molecular formula is C8H17N3O. The standard InChI is InChI=1S/C8H17N3O/c1-8(2)5-3-4-6(8)10-7(12)11-9/h6H,3-5,9H2,1-2H3,(H2,10,11,12). The Labute approximate surface area is 72.9 Å². The van der Waals surface area contributed by atoms with Crippen LogP contribution in [0.1, 0.15) is 33.1 Å². The van der Waals surface area contributed by atoms with Gasteiger partial charge in [-0.2, -0.15) is 0 Å². The molecule has 0 radical (unpaired) electrons. The summed E-state index contributed by atoms with van der Waals surface area (Å²) in [6, 6.07) is -0.0176. The van der Waals surface area contributed by atoms with Crippen molar-refractivity contribution in [3.63, 3.8) is 0 Å². The zero-order valence-electron chi connectivity index (χ0n) is 7.68. The van der Waals surface area contributed by atoms with Crippen LogP contribution in [0.15, 0.2) is 0 Å². The second-order valence-electron chi connectivity index (χ2n) is 4.05. The van der Waals surface area contributed by atoms with Gasteiger partial charge >= 0.3 is 6.03 Å². The van der Waals surface area contributed by atoms with Crippen molar-refractivity contribution >= 4 is 6.03 Å². The first-order valence-electron chi connectivity index (χ1n) is 4.33. The van der Waals surface area contributed by atoms with Gasteiger partial charge in [0.25, 0.3) is 0 Å². The minimum absolute atomic E-state index is 0.215. The van der Waals surface area contributed by atoms with Crippen LogP contribution in [0.2, 0.25) is 0 Å². The van der Waals surface area contributed by atoms with E-state index in [9.17, 15) is 4.79 Å². The molecule has 0 aromatic rings. The Balaban J connectivity index is 2.47. The minimum atomic E-state index is -0.282.